The van der Waals surface area contributed by atoms with Gasteiger partial charge in [0.25, 0.3) is 10.0 Å². The number of amides is 2. The van der Waals surface area contributed by atoms with E-state index < -0.39 is 21.8 Å². The van der Waals surface area contributed by atoms with Crippen LogP contribution in [0.3, 0.4) is 0 Å². The molecule has 0 fully saturated rings. The van der Waals surface area contributed by atoms with E-state index >= 15 is 0 Å². The molecule has 7 nitrogen and oxygen atoms in total. The Morgan fingerprint density at radius 2 is 1.52 bits per heavy atom. The van der Waals surface area contributed by atoms with Crippen molar-refractivity contribution in [1.29, 1.82) is 0 Å². The molecule has 25 heavy (non-hydrogen) atoms. The molecule has 0 aromatic heterocycles. The van der Waals surface area contributed by atoms with Crippen LogP contribution in [-0.2, 0) is 19.6 Å². The first kappa shape index (κ1) is 17.0. The van der Waals surface area contributed by atoms with Crippen LogP contribution in [0.4, 0.5) is 17.1 Å². The molecule has 2 aromatic rings. The van der Waals surface area contributed by atoms with Crippen LogP contribution in [0.1, 0.15) is 17.5 Å². The Hall–Kier alpha value is -2.87. The number of benzene rings is 2. The van der Waals surface area contributed by atoms with Crippen LogP contribution in [-0.4, -0.2) is 20.2 Å². The molecule has 2 aromatic carbocycles. The van der Waals surface area contributed by atoms with E-state index in [0.29, 0.717) is 11.4 Å². The van der Waals surface area contributed by atoms with Gasteiger partial charge in [0, 0.05) is 0 Å². The van der Waals surface area contributed by atoms with Gasteiger partial charge in [-0.25, -0.2) is 8.42 Å². The van der Waals surface area contributed by atoms with Crippen molar-refractivity contribution in [3.63, 3.8) is 0 Å². The predicted octanol–water partition coefficient (Wildman–Crippen LogP) is 2.38. The van der Waals surface area contributed by atoms with Crippen molar-refractivity contribution in [3.8, 4) is 0 Å². The Bertz CT molecular complexity index is 963. The van der Waals surface area contributed by atoms with Gasteiger partial charge >= 0.3 is 0 Å². The van der Waals surface area contributed by atoms with Crippen molar-refractivity contribution < 1.29 is 18.0 Å². The zero-order valence-corrected chi connectivity index (χ0v) is 14.5. The molecule has 2 amide bonds. The minimum absolute atomic E-state index is 0.00893. The first-order chi connectivity index (χ1) is 11.8. The molecule has 3 N–H and O–H groups in total. The summed E-state index contributed by atoms with van der Waals surface area (Å²) in [5, 5.41) is 5.10. The molecule has 0 unspecified atom stereocenters. The lowest BCUT2D eigenvalue weighted by atomic mass is 10.1. The van der Waals surface area contributed by atoms with Gasteiger partial charge in [-0.2, -0.15) is 0 Å². The molecular formula is C17H17N3O4S. The van der Waals surface area contributed by atoms with E-state index in [4.69, 9.17) is 0 Å². The Balaban J connectivity index is 1.99. The molecule has 8 heteroatoms. The molecule has 0 radical (unpaired) electrons. The lowest BCUT2D eigenvalue weighted by molar-refractivity contribution is -0.123. The van der Waals surface area contributed by atoms with Gasteiger partial charge in [0.05, 0.1) is 22.0 Å². The highest BCUT2D eigenvalue weighted by Crippen LogP contribution is 2.29. The summed E-state index contributed by atoms with van der Waals surface area (Å²) < 4.78 is 28.0. The number of carbonyl (C=O) groups is 2. The van der Waals surface area contributed by atoms with E-state index in [0.717, 1.165) is 11.1 Å². The summed E-state index contributed by atoms with van der Waals surface area (Å²) in [6, 6.07) is 9.65. The monoisotopic (exact) mass is 359 g/mol. The van der Waals surface area contributed by atoms with Gasteiger partial charge in [-0.15, -0.1) is 0 Å². The fourth-order valence-electron chi connectivity index (χ4n) is 2.61. The first-order valence-electron chi connectivity index (χ1n) is 7.59. The van der Waals surface area contributed by atoms with Crippen LogP contribution in [0.5, 0.6) is 0 Å². The van der Waals surface area contributed by atoms with E-state index in [1.165, 1.54) is 18.2 Å². The Labute approximate surface area is 145 Å². The van der Waals surface area contributed by atoms with Crippen molar-refractivity contribution in [2.75, 3.05) is 15.4 Å². The molecule has 1 aliphatic heterocycles. The maximum Gasteiger partial charge on any atom is 0.261 e. The van der Waals surface area contributed by atoms with Crippen LogP contribution in [0, 0.1) is 13.8 Å². The van der Waals surface area contributed by atoms with Gasteiger partial charge in [0.2, 0.25) is 11.8 Å². The Morgan fingerprint density at radius 3 is 2.16 bits per heavy atom. The van der Waals surface area contributed by atoms with Gasteiger partial charge in [0.1, 0.15) is 6.42 Å². The third-order valence-corrected chi connectivity index (χ3v) is 5.24. The highest BCUT2D eigenvalue weighted by Gasteiger charge is 2.22. The fourth-order valence-corrected chi connectivity index (χ4v) is 3.84. The molecular weight excluding hydrogens is 342 g/mol. The minimum atomic E-state index is -3.85. The summed E-state index contributed by atoms with van der Waals surface area (Å²) in [6.07, 6.45) is -0.308. The number of sulfonamides is 1. The number of hydrogen-bond donors (Lipinski definition) is 3. The Morgan fingerprint density at radius 1 is 0.920 bits per heavy atom. The van der Waals surface area contributed by atoms with Crippen molar-refractivity contribution in [2.24, 2.45) is 0 Å². The number of aryl methyl sites for hydroxylation is 2. The van der Waals surface area contributed by atoms with E-state index in [-0.39, 0.29) is 17.0 Å². The van der Waals surface area contributed by atoms with Crippen LogP contribution in [0.25, 0.3) is 0 Å². The van der Waals surface area contributed by atoms with Crippen LogP contribution in [0.15, 0.2) is 41.3 Å². The molecule has 130 valence electrons. The number of carbonyl (C=O) groups excluding carboxylic acids is 2. The SMILES string of the molecule is Cc1cccc(C)c1NS(=O)(=O)c1ccc2c(c1)NC(=O)CC(=O)N2. The molecule has 0 atom stereocenters. The topological polar surface area (TPSA) is 104 Å². The summed E-state index contributed by atoms with van der Waals surface area (Å²) in [4.78, 5) is 23.2. The number of para-hydroxylation sites is 1. The first-order valence-corrected chi connectivity index (χ1v) is 9.07. The van der Waals surface area contributed by atoms with Crippen molar-refractivity contribution in [1.82, 2.24) is 0 Å². The van der Waals surface area contributed by atoms with E-state index in [2.05, 4.69) is 15.4 Å². The lowest BCUT2D eigenvalue weighted by Gasteiger charge is -2.14. The van der Waals surface area contributed by atoms with Crippen LogP contribution < -0.4 is 15.4 Å². The molecule has 0 saturated heterocycles. The number of fused-ring (bicyclic) bond motifs is 1. The molecule has 0 bridgehead atoms. The van der Waals surface area contributed by atoms with Crippen LogP contribution >= 0.6 is 0 Å². The van der Waals surface area contributed by atoms with Gasteiger partial charge in [-0.1, -0.05) is 18.2 Å². The van der Waals surface area contributed by atoms with Crippen molar-refractivity contribution in [2.45, 2.75) is 25.2 Å². The number of anilines is 3. The highest BCUT2D eigenvalue weighted by atomic mass is 32.2. The van der Waals surface area contributed by atoms with Gasteiger partial charge < -0.3 is 10.6 Å². The average molecular weight is 359 g/mol. The van der Waals surface area contributed by atoms with Crippen molar-refractivity contribution >= 4 is 38.9 Å². The maximum atomic E-state index is 12.7. The highest BCUT2D eigenvalue weighted by molar-refractivity contribution is 7.92. The summed E-state index contributed by atoms with van der Waals surface area (Å²) in [5.41, 5.74) is 2.75. The number of rotatable bonds is 3. The van der Waals surface area contributed by atoms with Crippen molar-refractivity contribution in [3.05, 3.63) is 47.5 Å². The Kier molecular flexibility index (Phi) is 4.22. The fraction of sp³-hybridized carbons (Fsp3) is 0.176. The second-order valence-corrected chi connectivity index (χ2v) is 7.54. The standard InChI is InChI=1S/C17H17N3O4S/c1-10-4-3-5-11(2)17(10)20-25(23,24)12-6-7-13-14(8-12)19-16(22)9-15(21)18-13/h3-8,20H,9H2,1-2H3,(H,18,21)(H,19,22). The largest absolute Gasteiger partial charge is 0.324 e. The minimum Gasteiger partial charge on any atom is -0.324 e. The molecule has 1 aliphatic rings. The third kappa shape index (κ3) is 3.48. The normalized spacial score (nSPS) is 14.2. The van der Waals surface area contributed by atoms with E-state index in [9.17, 15) is 18.0 Å². The molecule has 0 saturated carbocycles. The zero-order valence-electron chi connectivity index (χ0n) is 13.7. The number of nitrogens with one attached hydrogen (secondary N) is 3. The average Bonchev–Trinajstić information content (AvgIpc) is 2.66. The molecule has 0 aliphatic carbocycles. The third-order valence-electron chi connectivity index (χ3n) is 3.89. The maximum absolute atomic E-state index is 12.7. The second kappa shape index (κ2) is 6.21. The molecule has 1 heterocycles. The smallest absolute Gasteiger partial charge is 0.261 e. The van der Waals surface area contributed by atoms with Gasteiger partial charge in [-0.05, 0) is 43.2 Å². The summed E-state index contributed by atoms with van der Waals surface area (Å²) in [5.74, 6) is -0.936. The quantitative estimate of drug-likeness (QED) is 0.732. The van der Waals surface area contributed by atoms with E-state index in [1.807, 2.05) is 32.0 Å². The van der Waals surface area contributed by atoms with Gasteiger partial charge in [0.15, 0.2) is 0 Å². The van der Waals surface area contributed by atoms with Crippen LogP contribution in [0.2, 0.25) is 0 Å². The summed E-state index contributed by atoms with van der Waals surface area (Å²) in [7, 11) is -3.85. The summed E-state index contributed by atoms with van der Waals surface area (Å²) in [6.45, 7) is 3.63. The predicted molar refractivity (Wildman–Crippen MR) is 95.0 cm³/mol. The van der Waals surface area contributed by atoms with Gasteiger partial charge in [-0.3, -0.25) is 14.3 Å². The molecule has 3 rings (SSSR count). The number of hydrogen-bond acceptors (Lipinski definition) is 4. The summed E-state index contributed by atoms with van der Waals surface area (Å²) >= 11 is 0. The lowest BCUT2D eigenvalue weighted by Crippen LogP contribution is -2.16. The second-order valence-electron chi connectivity index (χ2n) is 5.85. The van der Waals surface area contributed by atoms with E-state index in [1.54, 1.807) is 0 Å². The molecule has 0 spiro atoms. The zero-order chi connectivity index (χ0) is 18.2.